The molecule has 0 aliphatic rings. The number of hydrogen-bond donors (Lipinski definition) is 0. The minimum absolute atomic E-state index is 0.00353. The molecule has 0 saturated carbocycles. The van der Waals surface area contributed by atoms with Crippen molar-refractivity contribution in [2.24, 2.45) is 0 Å². The number of rotatable bonds is 6. The lowest BCUT2D eigenvalue weighted by molar-refractivity contribution is 1.17. The van der Waals surface area contributed by atoms with Crippen LogP contribution in [0.2, 0.25) is 0 Å². The van der Waals surface area contributed by atoms with Gasteiger partial charge in [-0.3, -0.25) is 0 Å². The van der Waals surface area contributed by atoms with Crippen molar-refractivity contribution in [3.63, 3.8) is 0 Å². The van der Waals surface area contributed by atoms with Gasteiger partial charge in [-0.15, -0.1) is 11.3 Å². The zero-order chi connectivity index (χ0) is 46.7. The van der Waals surface area contributed by atoms with Crippen molar-refractivity contribution in [3.05, 3.63) is 206 Å². The van der Waals surface area contributed by atoms with Gasteiger partial charge in [-0.25, -0.2) is 0 Å². The molecule has 11 rings (SSSR count). The van der Waals surface area contributed by atoms with Crippen LogP contribution in [0.25, 0.3) is 80.7 Å². The van der Waals surface area contributed by atoms with E-state index in [1.54, 1.807) is 12.1 Å². The van der Waals surface area contributed by atoms with Gasteiger partial charge in [-0.2, -0.15) is 0 Å². The second-order valence-electron chi connectivity index (χ2n) is 13.2. The lowest BCUT2D eigenvalue weighted by Gasteiger charge is -2.27. The number of benzene rings is 9. The van der Waals surface area contributed by atoms with Crippen molar-refractivity contribution in [3.8, 4) is 27.9 Å². The number of aromatic nitrogens is 1. The van der Waals surface area contributed by atoms with Gasteiger partial charge >= 0.3 is 0 Å². The maximum absolute atomic E-state index is 10.0. The number of fused-ring (bicyclic) bond motifs is 7. The molecule has 0 bridgehead atoms. The molecule has 55 heavy (non-hydrogen) atoms. The highest BCUT2D eigenvalue weighted by Gasteiger charge is 2.24. The van der Waals surface area contributed by atoms with Crippen LogP contribution in [0.5, 0.6) is 0 Å². The van der Waals surface area contributed by atoms with Crippen molar-refractivity contribution < 1.29 is 16.4 Å². The Balaban J connectivity index is 1.37. The van der Waals surface area contributed by atoms with Crippen molar-refractivity contribution in [2.45, 2.75) is 0 Å². The molecule has 0 N–H and O–H groups in total. The maximum atomic E-state index is 10.0. The Bertz CT molecular complexity index is 3880. The molecule has 2 heterocycles. The normalized spacial score (nSPS) is 14.7. The van der Waals surface area contributed by atoms with Gasteiger partial charge in [0.25, 0.3) is 0 Å². The van der Waals surface area contributed by atoms with Crippen molar-refractivity contribution in [1.82, 2.24) is 4.57 Å². The van der Waals surface area contributed by atoms with Crippen LogP contribution < -0.4 is 4.90 Å². The maximum Gasteiger partial charge on any atom is 0.0782 e. The smallest absolute Gasteiger partial charge is 0.0782 e. The summed E-state index contributed by atoms with van der Waals surface area (Å²) in [6.07, 6.45) is 0. The quantitative estimate of drug-likeness (QED) is 0.165. The fourth-order valence-corrected chi connectivity index (χ4v) is 8.60. The molecular weight excluding hydrogens is 685 g/mol. The van der Waals surface area contributed by atoms with E-state index in [9.17, 15) is 6.85 Å². The summed E-state index contributed by atoms with van der Waals surface area (Å²) in [6, 6.07) is 37.4. The highest BCUT2D eigenvalue weighted by atomic mass is 32.1. The van der Waals surface area contributed by atoms with E-state index in [-0.39, 0.29) is 43.3 Å². The number of thiophene rings is 1. The summed E-state index contributed by atoms with van der Waals surface area (Å²) in [5, 5.41) is 3.45. The monoisotopic (exact) mass is 730 g/mol. The van der Waals surface area contributed by atoms with Gasteiger partial charge in [0.05, 0.1) is 33.2 Å². The van der Waals surface area contributed by atoms with E-state index in [4.69, 9.17) is 9.60 Å². The van der Waals surface area contributed by atoms with E-state index >= 15 is 0 Å². The Kier molecular flexibility index (Phi) is 5.08. The highest BCUT2D eigenvalue weighted by Crippen LogP contribution is 2.48. The van der Waals surface area contributed by atoms with Gasteiger partial charge in [-0.05, 0) is 94.0 Å². The lowest BCUT2D eigenvalue weighted by atomic mass is 9.95. The zero-order valence-electron chi connectivity index (χ0n) is 41.0. The molecule has 0 unspecified atom stereocenters. The minimum atomic E-state index is -0.651. The van der Waals surface area contributed by atoms with E-state index in [2.05, 4.69) is 22.8 Å². The van der Waals surface area contributed by atoms with E-state index in [0.717, 1.165) is 61.0 Å². The number of para-hydroxylation sites is 2. The summed E-state index contributed by atoms with van der Waals surface area (Å²) in [4.78, 5) is 1.32. The van der Waals surface area contributed by atoms with Crippen molar-refractivity contribution in [2.75, 3.05) is 4.90 Å². The molecule has 0 atom stereocenters. The molecule has 0 spiro atoms. The molecule has 0 saturated heterocycles. The van der Waals surface area contributed by atoms with E-state index < -0.39 is 66.5 Å². The van der Waals surface area contributed by atoms with Gasteiger partial charge in [0.2, 0.25) is 0 Å². The first-order chi connectivity index (χ1) is 32.3. The van der Waals surface area contributed by atoms with Gasteiger partial charge in [0.1, 0.15) is 0 Å². The van der Waals surface area contributed by atoms with Crippen LogP contribution >= 0.6 is 11.3 Å². The number of nitrogens with zero attached hydrogens (tertiary/aromatic N) is 2. The molecule has 0 aliphatic carbocycles. The van der Waals surface area contributed by atoms with Crippen molar-refractivity contribution >= 4 is 81.1 Å². The predicted octanol–water partition coefficient (Wildman–Crippen LogP) is 15.1. The first kappa shape index (κ1) is 21.7. The van der Waals surface area contributed by atoms with Crippen molar-refractivity contribution in [1.29, 1.82) is 0 Å². The van der Waals surface area contributed by atoms with E-state index in [0.29, 0.717) is 10.9 Å². The van der Waals surface area contributed by atoms with Gasteiger partial charge in [0, 0.05) is 53.6 Å². The second kappa shape index (κ2) is 12.9. The summed E-state index contributed by atoms with van der Waals surface area (Å²) in [6.45, 7) is 0. The van der Waals surface area contributed by atoms with Crippen LogP contribution in [0, 0.1) is 0 Å². The molecular formula is C52H34N2S. The molecule has 0 aliphatic heterocycles. The van der Waals surface area contributed by atoms with Crippen LogP contribution in [-0.4, -0.2) is 4.57 Å². The van der Waals surface area contributed by atoms with Crippen LogP contribution in [0.1, 0.15) is 16.4 Å². The standard InChI is InChI=1S/C52H34N2S/c1-4-15-35(16-5-1)39-32-45(37-18-6-2-7-19-37)51-47(33-39)44-24-14-25-48(52(44)54(51)41-28-27-36-17-10-11-20-38(36)31-41)53(40-21-8-3-9-22-40)42-29-30-50-46(34-42)43-23-12-13-26-49(43)55-50/h1-34H/i3D,8D,9D,12D,13D,21D,22D,23D,26D,29D,30D,34D. The second-order valence-corrected chi connectivity index (χ2v) is 14.3. The topological polar surface area (TPSA) is 8.17 Å². The van der Waals surface area contributed by atoms with Gasteiger partial charge < -0.3 is 9.47 Å². The SMILES string of the molecule is [2H]c1c([2H])c([2H])c(N(c2c([2H])c([2H])c3sc4c([2H])c([2H])c([2H])c([2H])c4c3c2[2H])c2cccc3c4cc(-c5ccccc5)cc(-c5ccccc5)c4n(-c4ccc5ccccc5c4)c23)c([2H])c1[2H]. The Morgan fingerprint density at radius 1 is 0.455 bits per heavy atom. The number of anilines is 3. The summed E-state index contributed by atoms with van der Waals surface area (Å²) >= 11 is 0.891. The third kappa shape index (κ3) is 5.24. The fourth-order valence-electron chi connectivity index (χ4n) is 7.68. The lowest BCUT2D eigenvalue weighted by Crippen LogP contribution is -2.11. The average Bonchev–Trinajstić information content (AvgIpc) is 3.93. The molecule has 11 aromatic rings. The Hall–Kier alpha value is -6.94. The first-order valence-electron chi connectivity index (χ1n) is 23.8. The van der Waals surface area contributed by atoms with Crippen LogP contribution in [0.4, 0.5) is 17.1 Å². The Morgan fingerprint density at radius 2 is 1.18 bits per heavy atom. The van der Waals surface area contributed by atoms with Gasteiger partial charge in [-0.1, -0.05) is 139 Å². The molecule has 2 aromatic heterocycles. The van der Waals surface area contributed by atoms with E-state index in [1.807, 2.05) is 103 Å². The van der Waals surface area contributed by atoms with Gasteiger partial charge in [0.15, 0.2) is 0 Å². The molecule has 0 radical (unpaired) electrons. The summed E-state index contributed by atoms with van der Waals surface area (Å²) in [5.41, 5.74) is 5.26. The number of hydrogen-bond acceptors (Lipinski definition) is 2. The largest absolute Gasteiger partial charge is 0.308 e. The molecule has 0 fully saturated rings. The van der Waals surface area contributed by atoms with E-state index in [1.165, 1.54) is 4.90 Å². The fraction of sp³-hybridized carbons (Fsp3) is 0. The molecule has 9 aromatic carbocycles. The molecule has 3 heteroatoms. The molecule has 0 amide bonds. The molecule has 2 nitrogen and oxygen atoms in total. The summed E-state index contributed by atoms with van der Waals surface area (Å²) in [5.74, 6) is 0. The third-order valence-corrected chi connectivity index (χ3v) is 11.1. The van der Waals surface area contributed by atoms with Crippen LogP contribution in [0.3, 0.4) is 0 Å². The van der Waals surface area contributed by atoms with Crippen LogP contribution in [0.15, 0.2) is 206 Å². The molecule has 258 valence electrons. The minimum Gasteiger partial charge on any atom is -0.308 e. The van der Waals surface area contributed by atoms with Crippen LogP contribution in [-0.2, 0) is 0 Å². The summed E-state index contributed by atoms with van der Waals surface area (Å²) in [7, 11) is 0. The highest BCUT2D eigenvalue weighted by molar-refractivity contribution is 7.25. The Labute approximate surface area is 340 Å². The Morgan fingerprint density at radius 3 is 2.02 bits per heavy atom. The zero-order valence-corrected chi connectivity index (χ0v) is 29.8. The average molecular weight is 731 g/mol. The first-order valence-corrected chi connectivity index (χ1v) is 18.6. The predicted molar refractivity (Wildman–Crippen MR) is 237 cm³/mol. The summed E-state index contributed by atoms with van der Waals surface area (Å²) < 4.78 is 111. The third-order valence-electron chi connectivity index (χ3n) is 10.1.